The van der Waals surface area contributed by atoms with Crippen molar-refractivity contribution in [3.05, 3.63) is 11.8 Å². The second-order valence-electron chi connectivity index (χ2n) is 5.10. The first kappa shape index (κ1) is 11.5. The molecule has 2 unspecified atom stereocenters. The lowest BCUT2D eigenvalue weighted by Crippen LogP contribution is -2.38. The summed E-state index contributed by atoms with van der Waals surface area (Å²) in [6.45, 7) is 3.44. The largest absolute Gasteiger partial charge is 0.372 e. The molecule has 3 nitrogen and oxygen atoms in total. The van der Waals surface area contributed by atoms with Gasteiger partial charge in [-0.1, -0.05) is 6.08 Å². The second kappa shape index (κ2) is 4.89. The Morgan fingerprint density at radius 1 is 1.38 bits per heavy atom. The van der Waals surface area contributed by atoms with E-state index in [0.717, 1.165) is 25.8 Å². The quantitative estimate of drug-likeness (QED) is 0.777. The summed E-state index contributed by atoms with van der Waals surface area (Å²) in [7, 11) is 0. The third-order valence-electron chi connectivity index (χ3n) is 3.88. The van der Waals surface area contributed by atoms with Crippen LogP contribution in [0.4, 0.5) is 0 Å². The van der Waals surface area contributed by atoms with Gasteiger partial charge in [-0.3, -0.25) is 4.79 Å². The van der Waals surface area contributed by atoms with Gasteiger partial charge >= 0.3 is 0 Å². The minimum atomic E-state index is -0.165. The molecule has 0 radical (unpaired) electrons. The van der Waals surface area contributed by atoms with E-state index in [2.05, 4.69) is 17.9 Å². The summed E-state index contributed by atoms with van der Waals surface area (Å²) in [6, 6.07) is 0.631. The first-order chi connectivity index (χ1) is 7.68. The van der Waals surface area contributed by atoms with Crippen LogP contribution in [0.25, 0.3) is 0 Å². The van der Waals surface area contributed by atoms with Gasteiger partial charge in [0.25, 0.3) is 0 Å². The van der Waals surface area contributed by atoms with Crippen LogP contribution in [0.15, 0.2) is 11.8 Å². The van der Waals surface area contributed by atoms with Crippen LogP contribution >= 0.6 is 0 Å². The van der Waals surface area contributed by atoms with Crippen molar-refractivity contribution in [2.45, 2.75) is 51.5 Å². The van der Waals surface area contributed by atoms with Crippen LogP contribution in [-0.4, -0.2) is 23.4 Å². The van der Waals surface area contributed by atoms with Crippen LogP contribution in [0.1, 0.15) is 45.4 Å². The first-order valence-electron chi connectivity index (χ1n) is 6.45. The predicted molar refractivity (Wildman–Crippen MR) is 64.6 cm³/mol. The molecule has 1 saturated heterocycles. The van der Waals surface area contributed by atoms with Gasteiger partial charge in [-0.05, 0) is 45.4 Å². The fraction of sp³-hybridized carbons (Fsp3) is 0.769. The summed E-state index contributed by atoms with van der Waals surface area (Å²) in [4.78, 5) is 13.7. The molecule has 3 heteroatoms. The molecule has 2 atom stereocenters. The van der Waals surface area contributed by atoms with E-state index in [1.807, 2.05) is 0 Å². The maximum absolute atomic E-state index is 11.2. The third-order valence-corrected chi connectivity index (χ3v) is 3.88. The zero-order valence-corrected chi connectivity index (χ0v) is 10.1. The SMILES string of the molecule is CC1CCCCN1C1=CC(C(N)=O)CCC1. The van der Waals surface area contributed by atoms with E-state index in [4.69, 9.17) is 5.73 Å². The Labute approximate surface area is 97.7 Å². The van der Waals surface area contributed by atoms with E-state index in [-0.39, 0.29) is 11.8 Å². The number of nitrogens with two attached hydrogens (primary N) is 1. The summed E-state index contributed by atoms with van der Waals surface area (Å²) in [6.07, 6.45) is 9.16. The minimum Gasteiger partial charge on any atom is -0.372 e. The highest BCUT2D eigenvalue weighted by Gasteiger charge is 2.25. The van der Waals surface area contributed by atoms with Crippen LogP contribution in [-0.2, 0) is 4.79 Å². The molecule has 16 heavy (non-hydrogen) atoms. The normalized spacial score (nSPS) is 31.1. The van der Waals surface area contributed by atoms with E-state index >= 15 is 0 Å². The molecule has 1 aliphatic heterocycles. The number of carbonyl (C=O) groups is 1. The van der Waals surface area contributed by atoms with Crippen molar-refractivity contribution in [2.75, 3.05) is 6.54 Å². The van der Waals surface area contributed by atoms with Gasteiger partial charge in [0.15, 0.2) is 0 Å². The lowest BCUT2D eigenvalue weighted by Gasteiger charge is -2.39. The minimum absolute atomic E-state index is 0.0297. The van der Waals surface area contributed by atoms with E-state index < -0.39 is 0 Å². The average molecular weight is 222 g/mol. The van der Waals surface area contributed by atoms with Crippen molar-refractivity contribution in [3.8, 4) is 0 Å². The smallest absolute Gasteiger partial charge is 0.224 e. The molecule has 2 aliphatic rings. The van der Waals surface area contributed by atoms with Crippen LogP contribution in [0.2, 0.25) is 0 Å². The standard InChI is InChI=1S/C13H22N2O/c1-10-5-2-3-8-15(10)12-7-4-6-11(9-12)13(14)16/h9-11H,2-8H2,1H3,(H2,14,16). The van der Waals surface area contributed by atoms with Crippen molar-refractivity contribution in [1.82, 2.24) is 4.90 Å². The number of nitrogens with zero attached hydrogens (tertiary/aromatic N) is 1. The Hall–Kier alpha value is -0.990. The lowest BCUT2D eigenvalue weighted by molar-refractivity contribution is -0.120. The van der Waals surface area contributed by atoms with Crippen molar-refractivity contribution in [3.63, 3.8) is 0 Å². The zero-order chi connectivity index (χ0) is 11.5. The number of likely N-dealkylation sites (tertiary alicyclic amines) is 1. The molecule has 1 fully saturated rings. The van der Waals surface area contributed by atoms with E-state index in [0.29, 0.717) is 6.04 Å². The van der Waals surface area contributed by atoms with E-state index in [1.54, 1.807) is 0 Å². The molecule has 1 amide bonds. The zero-order valence-electron chi connectivity index (χ0n) is 10.1. The molecular weight excluding hydrogens is 200 g/mol. The molecule has 0 aromatic carbocycles. The van der Waals surface area contributed by atoms with Crippen molar-refractivity contribution < 1.29 is 4.79 Å². The molecule has 1 aliphatic carbocycles. The Balaban J connectivity index is 2.09. The Bertz CT molecular complexity index is 298. The Morgan fingerprint density at radius 3 is 2.88 bits per heavy atom. The van der Waals surface area contributed by atoms with Crippen molar-refractivity contribution in [1.29, 1.82) is 0 Å². The molecule has 0 spiro atoms. The van der Waals surface area contributed by atoms with Gasteiger partial charge in [-0.15, -0.1) is 0 Å². The van der Waals surface area contributed by atoms with Gasteiger partial charge in [0.1, 0.15) is 0 Å². The second-order valence-corrected chi connectivity index (χ2v) is 5.10. The number of piperidine rings is 1. The van der Waals surface area contributed by atoms with Crippen molar-refractivity contribution in [2.24, 2.45) is 11.7 Å². The topological polar surface area (TPSA) is 46.3 Å². The van der Waals surface area contributed by atoms with E-state index in [1.165, 1.54) is 25.0 Å². The highest BCUT2D eigenvalue weighted by molar-refractivity contribution is 5.78. The molecule has 0 bridgehead atoms. The van der Waals surface area contributed by atoms with Crippen LogP contribution in [0.3, 0.4) is 0 Å². The van der Waals surface area contributed by atoms with Crippen molar-refractivity contribution >= 4 is 5.91 Å². The molecule has 2 N–H and O–H groups in total. The number of carbonyl (C=O) groups excluding carboxylic acids is 1. The highest BCUT2D eigenvalue weighted by Crippen LogP contribution is 2.29. The van der Waals surface area contributed by atoms with Gasteiger partial charge < -0.3 is 10.6 Å². The summed E-state index contributed by atoms with van der Waals surface area (Å²) < 4.78 is 0. The Kier molecular flexibility index (Phi) is 3.52. The van der Waals surface area contributed by atoms with Crippen LogP contribution in [0, 0.1) is 5.92 Å². The molecule has 1 heterocycles. The Morgan fingerprint density at radius 2 is 2.19 bits per heavy atom. The van der Waals surface area contributed by atoms with Crippen LogP contribution < -0.4 is 5.73 Å². The number of rotatable bonds is 2. The molecule has 2 rings (SSSR count). The third kappa shape index (κ3) is 2.39. The molecule has 0 aromatic rings. The lowest BCUT2D eigenvalue weighted by atomic mass is 9.91. The molecule has 90 valence electrons. The fourth-order valence-electron chi connectivity index (χ4n) is 2.89. The summed E-state index contributed by atoms with van der Waals surface area (Å²) in [5.74, 6) is -0.195. The van der Waals surface area contributed by atoms with Gasteiger partial charge in [0, 0.05) is 18.3 Å². The van der Waals surface area contributed by atoms with Gasteiger partial charge in [0.2, 0.25) is 5.91 Å². The summed E-state index contributed by atoms with van der Waals surface area (Å²) >= 11 is 0. The van der Waals surface area contributed by atoms with Gasteiger partial charge in [-0.2, -0.15) is 0 Å². The van der Waals surface area contributed by atoms with E-state index in [9.17, 15) is 4.79 Å². The summed E-state index contributed by atoms with van der Waals surface area (Å²) in [5.41, 5.74) is 6.75. The van der Waals surface area contributed by atoms with Crippen LogP contribution in [0.5, 0.6) is 0 Å². The van der Waals surface area contributed by atoms with Gasteiger partial charge in [0.05, 0.1) is 5.92 Å². The monoisotopic (exact) mass is 222 g/mol. The molecule has 0 aromatic heterocycles. The number of hydrogen-bond acceptors (Lipinski definition) is 2. The molecular formula is C13H22N2O. The number of primary amides is 1. The number of hydrogen-bond donors (Lipinski definition) is 1. The maximum atomic E-state index is 11.2. The molecule has 0 saturated carbocycles. The fourth-order valence-corrected chi connectivity index (χ4v) is 2.89. The average Bonchev–Trinajstić information content (AvgIpc) is 2.30. The first-order valence-corrected chi connectivity index (χ1v) is 6.45. The predicted octanol–water partition coefficient (Wildman–Crippen LogP) is 2.03. The maximum Gasteiger partial charge on any atom is 0.224 e. The highest BCUT2D eigenvalue weighted by atomic mass is 16.1. The van der Waals surface area contributed by atoms with Gasteiger partial charge in [-0.25, -0.2) is 0 Å². The summed E-state index contributed by atoms with van der Waals surface area (Å²) in [5, 5.41) is 0. The number of allylic oxidation sites excluding steroid dienone is 1. The number of amides is 1.